The highest BCUT2D eigenvalue weighted by molar-refractivity contribution is 9.10. The van der Waals surface area contributed by atoms with Crippen LogP contribution in [0.4, 0.5) is 0 Å². The van der Waals surface area contributed by atoms with Gasteiger partial charge in [0.05, 0.1) is 15.6 Å². The van der Waals surface area contributed by atoms with E-state index in [1.807, 2.05) is 0 Å². The zero-order valence-corrected chi connectivity index (χ0v) is 13.7. The summed E-state index contributed by atoms with van der Waals surface area (Å²) in [6.07, 6.45) is 0. The number of benzene rings is 2. The summed E-state index contributed by atoms with van der Waals surface area (Å²) < 4.78 is 6.34. The van der Waals surface area contributed by atoms with Crippen molar-refractivity contribution in [1.82, 2.24) is 0 Å². The van der Waals surface area contributed by atoms with Crippen LogP contribution in [-0.4, -0.2) is 5.84 Å². The van der Waals surface area contributed by atoms with Gasteiger partial charge in [0.2, 0.25) is 0 Å². The van der Waals surface area contributed by atoms with E-state index in [-0.39, 0.29) is 5.84 Å². The molecule has 2 aromatic rings. The number of amidine groups is 1. The molecule has 0 aliphatic rings. The van der Waals surface area contributed by atoms with E-state index in [9.17, 15) is 0 Å². The van der Waals surface area contributed by atoms with Crippen molar-refractivity contribution in [3.8, 4) is 11.5 Å². The van der Waals surface area contributed by atoms with Gasteiger partial charge in [-0.05, 0) is 34.1 Å². The Hall–Kier alpha value is -0.940. The zero-order chi connectivity index (χ0) is 14.9. The maximum absolute atomic E-state index is 7.53. The number of nitrogen functional groups attached to an aromatic ring is 1. The third kappa shape index (κ3) is 3.38. The summed E-state index contributed by atoms with van der Waals surface area (Å²) in [5, 5.41) is 8.82. The van der Waals surface area contributed by atoms with Gasteiger partial charge in [-0.15, -0.1) is 0 Å². The number of hydrogen-bond acceptors (Lipinski definition) is 2. The molecule has 0 aliphatic carbocycles. The van der Waals surface area contributed by atoms with Crippen molar-refractivity contribution in [1.29, 1.82) is 5.41 Å². The normalized spacial score (nSPS) is 10.4. The molecular weight excluding hydrogens is 386 g/mol. The number of nitrogens with one attached hydrogen (secondary N) is 1. The van der Waals surface area contributed by atoms with Crippen molar-refractivity contribution in [3.63, 3.8) is 0 Å². The van der Waals surface area contributed by atoms with Crippen LogP contribution in [0.25, 0.3) is 0 Å². The average molecular weight is 394 g/mol. The summed E-state index contributed by atoms with van der Waals surface area (Å²) in [7, 11) is 0. The lowest BCUT2D eigenvalue weighted by atomic mass is 10.2. The molecule has 7 heteroatoms. The maximum atomic E-state index is 7.53. The van der Waals surface area contributed by atoms with E-state index >= 15 is 0 Å². The summed E-state index contributed by atoms with van der Waals surface area (Å²) in [5.74, 6) is 0.561. The molecular formula is C13H8BrCl3N2O. The molecule has 0 radical (unpaired) electrons. The molecule has 0 aromatic heterocycles. The predicted molar refractivity (Wildman–Crippen MR) is 86.7 cm³/mol. The molecule has 104 valence electrons. The molecule has 0 unspecified atom stereocenters. The lowest BCUT2D eigenvalue weighted by Gasteiger charge is -2.12. The Morgan fingerprint density at radius 3 is 2.40 bits per heavy atom. The minimum atomic E-state index is -0.129. The standard InChI is InChI=1S/C13H8BrCl3N2O/c14-8-4-10(17)12(5-9(8)16)20-11-3-6(15)1-2-7(11)13(18)19/h1-5H,(H3,18,19). The van der Waals surface area contributed by atoms with Gasteiger partial charge in [0, 0.05) is 21.6 Å². The van der Waals surface area contributed by atoms with E-state index in [0.717, 1.165) is 0 Å². The van der Waals surface area contributed by atoms with Crippen LogP contribution in [0, 0.1) is 5.41 Å². The molecule has 3 nitrogen and oxygen atoms in total. The van der Waals surface area contributed by atoms with Crippen LogP contribution in [0.2, 0.25) is 15.1 Å². The summed E-state index contributed by atoms with van der Waals surface area (Å²) in [4.78, 5) is 0. The Kier molecular flexibility index (Phi) is 4.81. The highest BCUT2D eigenvalue weighted by Crippen LogP contribution is 2.37. The van der Waals surface area contributed by atoms with Gasteiger partial charge in [-0.2, -0.15) is 0 Å². The van der Waals surface area contributed by atoms with E-state index < -0.39 is 0 Å². The Morgan fingerprint density at radius 1 is 1.05 bits per heavy atom. The van der Waals surface area contributed by atoms with Gasteiger partial charge in [0.25, 0.3) is 0 Å². The molecule has 0 saturated heterocycles. The lowest BCUT2D eigenvalue weighted by molar-refractivity contribution is 0.482. The first-order valence-corrected chi connectivity index (χ1v) is 7.27. The SMILES string of the molecule is N=C(N)c1ccc(Cl)cc1Oc1cc(Cl)c(Br)cc1Cl. The van der Waals surface area contributed by atoms with Crippen LogP contribution >= 0.6 is 50.7 Å². The number of ether oxygens (including phenoxy) is 1. The van der Waals surface area contributed by atoms with E-state index in [0.29, 0.717) is 36.6 Å². The minimum Gasteiger partial charge on any atom is -0.455 e. The third-order valence-electron chi connectivity index (χ3n) is 2.43. The van der Waals surface area contributed by atoms with Crippen LogP contribution in [-0.2, 0) is 0 Å². The number of halogens is 4. The molecule has 0 amide bonds. The van der Waals surface area contributed by atoms with Crippen molar-refractivity contribution in [2.24, 2.45) is 5.73 Å². The van der Waals surface area contributed by atoms with Crippen LogP contribution < -0.4 is 10.5 Å². The summed E-state index contributed by atoms with van der Waals surface area (Å²) in [5.41, 5.74) is 5.92. The molecule has 0 atom stereocenters. The minimum absolute atomic E-state index is 0.129. The van der Waals surface area contributed by atoms with E-state index in [1.165, 1.54) is 0 Å². The van der Waals surface area contributed by atoms with E-state index in [4.69, 9.17) is 50.7 Å². The van der Waals surface area contributed by atoms with Gasteiger partial charge in [0.15, 0.2) is 0 Å². The molecule has 0 heterocycles. The van der Waals surface area contributed by atoms with Crippen molar-refractivity contribution in [3.05, 3.63) is 55.4 Å². The van der Waals surface area contributed by atoms with E-state index in [2.05, 4.69) is 15.9 Å². The average Bonchev–Trinajstić information content (AvgIpc) is 2.35. The smallest absolute Gasteiger partial charge is 0.147 e. The van der Waals surface area contributed by atoms with Gasteiger partial charge in [-0.3, -0.25) is 5.41 Å². The highest BCUT2D eigenvalue weighted by atomic mass is 79.9. The summed E-state index contributed by atoms with van der Waals surface area (Å²) in [6, 6.07) is 7.98. The number of nitrogens with two attached hydrogens (primary N) is 1. The van der Waals surface area contributed by atoms with Crippen LogP contribution in [0.3, 0.4) is 0 Å². The molecule has 2 rings (SSSR count). The van der Waals surface area contributed by atoms with E-state index in [1.54, 1.807) is 30.3 Å². The fourth-order valence-corrected chi connectivity index (χ4v) is 2.50. The molecule has 3 N–H and O–H groups in total. The Balaban J connectivity index is 2.47. The van der Waals surface area contributed by atoms with Crippen molar-refractivity contribution >= 4 is 56.6 Å². The largest absolute Gasteiger partial charge is 0.455 e. The highest BCUT2D eigenvalue weighted by Gasteiger charge is 2.12. The topological polar surface area (TPSA) is 59.1 Å². The fraction of sp³-hybridized carbons (Fsp3) is 0. The van der Waals surface area contributed by atoms with Gasteiger partial charge in [-0.25, -0.2) is 0 Å². The summed E-state index contributed by atoms with van der Waals surface area (Å²) >= 11 is 21.3. The van der Waals surface area contributed by atoms with Gasteiger partial charge in [0.1, 0.15) is 17.3 Å². The van der Waals surface area contributed by atoms with Gasteiger partial charge in [-0.1, -0.05) is 34.8 Å². The summed E-state index contributed by atoms with van der Waals surface area (Å²) in [6.45, 7) is 0. The second kappa shape index (κ2) is 6.22. The molecule has 0 spiro atoms. The van der Waals surface area contributed by atoms with Crippen molar-refractivity contribution in [2.45, 2.75) is 0 Å². The zero-order valence-electron chi connectivity index (χ0n) is 9.88. The Morgan fingerprint density at radius 2 is 1.75 bits per heavy atom. The number of hydrogen-bond donors (Lipinski definition) is 2. The fourth-order valence-electron chi connectivity index (χ4n) is 1.50. The molecule has 0 saturated carbocycles. The lowest BCUT2D eigenvalue weighted by Crippen LogP contribution is -2.12. The Bertz CT molecular complexity index is 692. The molecule has 2 aromatic carbocycles. The quantitative estimate of drug-likeness (QED) is 0.411. The van der Waals surface area contributed by atoms with Gasteiger partial charge < -0.3 is 10.5 Å². The van der Waals surface area contributed by atoms with Crippen LogP contribution in [0.5, 0.6) is 11.5 Å². The first-order chi connectivity index (χ1) is 9.38. The van der Waals surface area contributed by atoms with Crippen molar-refractivity contribution in [2.75, 3.05) is 0 Å². The predicted octanol–water partition coefficient (Wildman–Crippen LogP) is 5.49. The third-order valence-corrected chi connectivity index (χ3v) is 4.16. The van der Waals surface area contributed by atoms with Crippen LogP contribution in [0.1, 0.15) is 5.56 Å². The second-order valence-electron chi connectivity index (χ2n) is 3.85. The van der Waals surface area contributed by atoms with Crippen LogP contribution in [0.15, 0.2) is 34.8 Å². The number of rotatable bonds is 3. The molecule has 0 bridgehead atoms. The first-order valence-electron chi connectivity index (χ1n) is 5.35. The maximum Gasteiger partial charge on any atom is 0.147 e. The first kappa shape index (κ1) is 15.4. The monoisotopic (exact) mass is 392 g/mol. The molecule has 20 heavy (non-hydrogen) atoms. The van der Waals surface area contributed by atoms with Gasteiger partial charge >= 0.3 is 0 Å². The second-order valence-corrected chi connectivity index (χ2v) is 5.96. The molecule has 0 aliphatic heterocycles. The van der Waals surface area contributed by atoms with Crippen molar-refractivity contribution < 1.29 is 4.74 Å². The Labute approximate surface area is 139 Å². The molecule has 0 fully saturated rings.